The van der Waals surface area contributed by atoms with Gasteiger partial charge in [-0.15, -0.1) is 0 Å². The van der Waals surface area contributed by atoms with E-state index in [0.29, 0.717) is 12.2 Å². The first-order chi connectivity index (χ1) is 11.0. The Morgan fingerprint density at radius 2 is 1.87 bits per heavy atom. The molecule has 0 spiro atoms. The van der Waals surface area contributed by atoms with Crippen molar-refractivity contribution in [2.75, 3.05) is 5.32 Å². The monoisotopic (exact) mass is 315 g/mol. The fraction of sp³-hybridized carbons (Fsp3) is 0.316. The average molecular weight is 315 g/mol. The number of ether oxygens (including phenoxy) is 1. The summed E-state index contributed by atoms with van der Waals surface area (Å²) in [4.78, 5) is 12.5. The van der Waals surface area contributed by atoms with Crippen molar-refractivity contribution in [1.82, 2.24) is 0 Å². The summed E-state index contributed by atoms with van der Waals surface area (Å²) in [6, 6.07) is 11.6. The van der Waals surface area contributed by atoms with Crippen LogP contribution in [-0.4, -0.2) is 12.0 Å². The number of para-hydroxylation sites is 1. The maximum absolute atomic E-state index is 12.9. The van der Waals surface area contributed by atoms with Crippen molar-refractivity contribution in [3.63, 3.8) is 0 Å². The molecule has 0 aliphatic rings. The molecule has 2 aromatic rings. The zero-order valence-corrected chi connectivity index (χ0v) is 13.7. The van der Waals surface area contributed by atoms with Gasteiger partial charge in [0.25, 0.3) is 5.91 Å². The fourth-order valence-corrected chi connectivity index (χ4v) is 2.41. The van der Waals surface area contributed by atoms with Gasteiger partial charge in [-0.1, -0.05) is 32.0 Å². The molecule has 0 aliphatic heterocycles. The van der Waals surface area contributed by atoms with Crippen molar-refractivity contribution in [2.24, 2.45) is 0 Å². The predicted octanol–water partition coefficient (Wildman–Crippen LogP) is 4.49. The van der Waals surface area contributed by atoms with Crippen molar-refractivity contribution >= 4 is 11.6 Å². The van der Waals surface area contributed by atoms with Gasteiger partial charge in [0.05, 0.1) is 0 Å². The summed E-state index contributed by atoms with van der Waals surface area (Å²) < 4.78 is 18.6. The van der Waals surface area contributed by atoms with Gasteiger partial charge in [0.15, 0.2) is 6.10 Å². The van der Waals surface area contributed by atoms with Gasteiger partial charge < -0.3 is 10.1 Å². The van der Waals surface area contributed by atoms with Crippen LogP contribution in [0.2, 0.25) is 0 Å². The van der Waals surface area contributed by atoms with Gasteiger partial charge in [0.1, 0.15) is 11.6 Å². The highest BCUT2D eigenvalue weighted by Crippen LogP contribution is 2.22. The number of benzene rings is 2. The number of anilines is 1. The summed E-state index contributed by atoms with van der Waals surface area (Å²) in [5, 5.41) is 2.97. The van der Waals surface area contributed by atoms with Crippen LogP contribution in [0.3, 0.4) is 0 Å². The molecule has 1 atom stereocenters. The maximum atomic E-state index is 12.9. The highest BCUT2D eigenvalue weighted by Gasteiger charge is 2.20. The number of carbonyl (C=O) groups excluding carboxylic acids is 1. The number of hydrogen-bond donors (Lipinski definition) is 1. The summed E-state index contributed by atoms with van der Waals surface area (Å²) in [6.45, 7) is 5.90. The third-order valence-electron chi connectivity index (χ3n) is 3.74. The van der Waals surface area contributed by atoms with E-state index in [2.05, 4.69) is 12.2 Å². The highest BCUT2D eigenvalue weighted by molar-refractivity contribution is 5.95. The van der Waals surface area contributed by atoms with Crippen molar-refractivity contribution in [2.45, 2.75) is 39.7 Å². The molecule has 1 unspecified atom stereocenters. The van der Waals surface area contributed by atoms with E-state index >= 15 is 0 Å². The smallest absolute Gasteiger partial charge is 0.265 e. The van der Waals surface area contributed by atoms with Gasteiger partial charge in [-0.05, 0) is 55.2 Å². The lowest BCUT2D eigenvalue weighted by Gasteiger charge is -2.19. The maximum Gasteiger partial charge on any atom is 0.265 e. The van der Waals surface area contributed by atoms with E-state index in [-0.39, 0.29) is 11.7 Å². The molecule has 0 radical (unpaired) electrons. The van der Waals surface area contributed by atoms with E-state index in [1.54, 1.807) is 0 Å². The van der Waals surface area contributed by atoms with Crippen LogP contribution in [-0.2, 0) is 11.2 Å². The van der Waals surface area contributed by atoms with Gasteiger partial charge >= 0.3 is 0 Å². The third kappa shape index (κ3) is 4.31. The topological polar surface area (TPSA) is 38.3 Å². The van der Waals surface area contributed by atoms with Gasteiger partial charge in [-0.25, -0.2) is 4.39 Å². The molecule has 2 aromatic carbocycles. The van der Waals surface area contributed by atoms with E-state index in [1.165, 1.54) is 24.3 Å². The molecular weight excluding hydrogens is 293 g/mol. The molecule has 0 saturated heterocycles. The van der Waals surface area contributed by atoms with Crippen LogP contribution in [0.1, 0.15) is 31.4 Å². The quantitative estimate of drug-likeness (QED) is 0.853. The summed E-state index contributed by atoms with van der Waals surface area (Å²) >= 11 is 0. The zero-order chi connectivity index (χ0) is 16.8. The van der Waals surface area contributed by atoms with E-state index in [9.17, 15) is 9.18 Å². The Morgan fingerprint density at radius 3 is 2.48 bits per heavy atom. The fourth-order valence-electron chi connectivity index (χ4n) is 2.41. The summed E-state index contributed by atoms with van der Waals surface area (Å²) in [5.74, 6) is -0.0444. The van der Waals surface area contributed by atoms with Gasteiger partial charge in [-0.3, -0.25) is 4.79 Å². The molecular formula is C19H22FNO2. The van der Waals surface area contributed by atoms with Gasteiger partial charge in [0.2, 0.25) is 0 Å². The van der Waals surface area contributed by atoms with Crippen molar-refractivity contribution in [3.8, 4) is 5.75 Å². The highest BCUT2D eigenvalue weighted by atomic mass is 19.1. The Kier molecular flexibility index (Phi) is 5.74. The molecule has 1 N–H and O–H groups in total. The first-order valence-corrected chi connectivity index (χ1v) is 7.86. The number of hydrogen-bond acceptors (Lipinski definition) is 2. The number of aryl methyl sites for hydroxylation is 2. The first kappa shape index (κ1) is 17.0. The second-order valence-electron chi connectivity index (χ2n) is 5.42. The molecule has 23 heavy (non-hydrogen) atoms. The molecule has 0 bridgehead atoms. The molecule has 3 nitrogen and oxygen atoms in total. The van der Waals surface area contributed by atoms with Crippen LogP contribution in [0.4, 0.5) is 10.1 Å². The lowest BCUT2D eigenvalue weighted by Crippen LogP contribution is -2.33. The summed E-state index contributed by atoms with van der Waals surface area (Å²) in [5.41, 5.74) is 2.96. The van der Waals surface area contributed by atoms with E-state index in [4.69, 9.17) is 4.74 Å². The Morgan fingerprint density at radius 1 is 1.17 bits per heavy atom. The number of carbonyl (C=O) groups is 1. The normalized spacial score (nSPS) is 11.8. The van der Waals surface area contributed by atoms with Gasteiger partial charge in [-0.2, -0.15) is 0 Å². The van der Waals surface area contributed by atoms with Crippen LogP contribution in [0.25, 0.3) is 0 Å². The third-order valence-corrected chi connectivity index (χ3v) is 3.74. The molecule has 122 valence electrons. The number of rotatable bonds is 6. The van der Waals surface area contributed by atoms with Crippen LogP contribution < -0.4 is 10.1 Å². The van der Waals surface area contributed by atoms with Crippen molar-refractivity contribution < 1.29 is 13.9 Å². The molecule has 2 rings (SSSR count). The minimum Gasteiger partial charge on any atom is -0.481 e. The average Bonchev–Trinajstić information content (AvgIpc) is 2.56. The Bertz CT molecular complexity index is 668. The lowest BCUT2D eigenvalue weighted by molar-refractivity contribution is -0.122. The van der Waals surface area contributed by atoms with Crippen LogP contribution in [0.5, 0.6) is 5.75 Å². The summed E-state index contributed by atoms with van der Waals surface area (Å²) in [6.07, 6.45) is 0.744. The lowest BCUT2D eigenvalue weighted by atomic mass is 10.1. The number of amides is 1. The predicted molar refractivity (Wildman–Crippen MR) is 90.3 cm³/mol. The molecule has 0 heterocycles. The van der Waals surface area contributed by atoms with Crippen molar-refractivity contribution in [3.05, 3.63) is 59.4 Å². The van der Waals surface area contributed by atoms with Gasteiger partial charge in [0, 0.05) is 5.69 Å². The SMILES string of the molecule is CCc1cccc(C)c1NC(=O)C(CC)Oc1ccc(F)cc1. The Hall–Kier alpha value is -2.36. The van der Waals surface area contributed by atoms with E-state index in [1.807, 2.05) is 32.0 Å². The summed E-state index contributed by atoms with van der Waals surface area (Å²) in [7, 11) is 0. The molecule has 0 aromatic heterocycles. The standard InChI is InChI=1S/C19H22FNO2/c1-4-14-8-6-7-13(3)18(14)21-19(22)17(5-2)23-16-11-9-15(20)10-12-16/h6-12,17H,4-5H2,1-3H3,(H,21,22). The number of nitrogens with one attached hydrogen (secondary N) is 1. The first-order valence-electron chi connectivity index (χ1n) is 7.86. The van der Waals surface area contributed by atoms with Crippen LogP contribution in [0.15, 0.2) is 42.5 Å². The Balaban J connectivity index is 2.13. The molecule has 0 aliphatic carbocycles. The minimum absolute atomic E-state index is 0.194. The van der Waals surface area contributed by atoms with Crippen molar-refractivity contribution in [1.29, 1.82) is 0 Å². The minimum atomic E-state index is -0.621. The molecule has 4 heteroatoms. The number of halogens is 1. The van der Waals surface area contributed by atoms with Crippen LogP contribution in [0, 0.1) is 12.7 Å². The largest absolute Gasteiger partial charge is 0.481 e. The molecule has 0 saturated carbocycles. The molecule has 0 fully saturated rings. The second-order valence-corrected chi connectivity index (χ2v) is 5.42. The zero-order valence-electron chi connectivity index (χ0n) is 13.7. The van der Waals surface area contributed by atoms with Crippen LogP contribution >= 0.6 is 0 Å². The van der Waals surface area contributed by atoms with E-state index in [0.717, 1.165) is 23.2 Å². The second kappa shape index (κ2) is 7.77. The Labute approximate surface area is 136 Å². The van der Waals surface area contributed by atoms with E-state index < -0.39 is 6.10 Å². The molecule has 1 amide bonds.